The lowest BCUT2D eigenvalue weighted by atomic mass is 9.88. The first-order chi connectivity index (χ1) is 13.7. The van der Waals surface area contributed by atoms with Crippen LogP contribution in [0.2, 0.25) is 19.6 Å². The van der Waals surface area contributed by atoms with Crippen molar-refractivity contribution in [2.24, 2.45) is 7.05 Å². The highest BCUT2D eigenvalue weighted by molar-refractivity contribution is 6.88. The second kappa shape index (κ2) is 7.35. The molecule has 29 heavy (non-hydrogen) atoms. The molecule has 1 fully saturated rings. The first-order valence-electron chi connectivity index (χ1n) is 10.9. The van der Waals surface area contributed by atoms with E-state index in [1.165, 1.54) is 40.1 Å². The van der Waals surface area contributed by atoms with Crippen LogP contribution in [0, 0.1) is 19.7 Å². The van der Waals surface area contributed by atoms with Crippen molar-refractivity contribution in [1.82, 2.24) is 0 Å². The van der Waals surface area contributed by atoms with E-state index < -0.39 is 8.07 Å². The minimum absolute atomic E-state index is 0.0158. The van der Waals surface area contributed by atoms with Crippen LogP contribution in [-0.2, 0) is 7.05 Å². The molecule has 1 aromatic heterocycles. The number of rotatable bonds is 3. The van der Waals surface area contributed by atoms with Gasteiger partial charge < -0.3 is 0 Å². The summed E-state index contributed by atoms with van der Waals surface area (Å²) in [5, 5.41) is 4.01. The topological polar surface area (TPSA) is 3.88 Å². The molecule has 2 aromatic carbocycles. The Morgan fingerprint density at radius 2 is 1.66 bits per heavy atom. The van der Waals surface area contributed by atoms with Crippen molar-refractivity contribution in [3.63, 3.8) is 0 Å². The molecule has 1 heterocycles. The minimum Gasteiger partial charge on any atom is -0.206 e. The zero-order valence-corrected chi connectivity index (χ0v) is 19.7. The zero-order chi connectivity index (χ0) is 20.9. The molecule has 3 heteroatoms. The van der Waals surface area contributed by atoms with Crippen LogP contribution in [-0.4, -0.2) is 8.07 Å². The molecule has 0 radical (unpaired) electrons. The summed E-state index contributed by atoms with van der Waals surface area (Å²) < 4.78 is 17.4. The summed E-state index contributed by atoms with van der Waals surface area (Å²) in [6, 6.07) is 11.3. The Morgan fingerprint density at radius 3 is 2.31 bits per heavy atom. The van der Waals surface area contributed by atoms with Gasteiger partial charge >= 0.3 is 0 Å². The average Bonchev–Trinajstić information content (AvgIpc) is 3.20. The summed E-state index contributed by atoms with van der Waals surface area (Å²) in [5.41, 5.74) is 5.17. The predicted octanol–water partition coefficient (Wildman–Crippen LogP) is 6.29. The summed E-state index contributed by atoms with van der Waals surface area (Å²) >= 11 is 0. The molecule has 0 N–H and O–H groups in total. The van der Waals surface area contributed by atoms with Crippen LogP contribution in [0.15, 0.2) is 36.5 Å². The number of pyridine rings is 1. The van der Waals surface area contributed by atoms with Gasteiger partial charge in [0.25, 0.3) is 0 Å². The molecule has 0 aliphatic heterocycles. The summed E-state index contributed by atoms with van der Waals surface area (Å²) in [7, 11) is 0.734. The maximum atomic E-state index is 15.2. The maximum absolute atomic E-state index is 15.2. The van der Waals surface area contributed by atoms with Gasteiger partial charge in [0.05, 0.1) is 19.0 Å². The van der Waals surface area contributed by atoms with Gasteiger partial charge in [0.1, 0.15) is 12.9 Å². The normalized spacial score (nSPS) is 15.4. The van der Waals surface area contributed by atoms with E-state index in [1.54, 1.807) is 0 Å². The van der Waals surface area contributed by atoms with Crippen molar-refractivity contribution in [3.8, 4) is 11.3 Å². The highest BCUT2D eigenvalue weighted by Gasteiger charge is 2.27. The number of nitrogens with zero attached hydrogens (tertiary/aromatic N) is 1. The Morgan fingerprint density at radius 1 is 0.966 bits per heavy atom. The fourth-order valence-electron chi connectivity index (χ4n) is 4.86. The largest absolute Gasteiger partial charge is 0.220 e. The molecule has 1 nitrogen and oxygen atoms in total. The second-order valence-corrected chi connectivity index (χ2v) is 15.0. The lowest BCUT2D eigenvalue weighted by Crippen LogP contribution is -2.37. The molecule has 152 valence electrons. The molecule has 0 bridgehead atoms. The van der Waals surface area contributed by atoms with Crippen molar-refractivity contribution in [2.45, 2.75) is 65.1 Å². The first-order valence-corrected chi connectivity index (χ1v) is 14.4. The molecule has 1 saturated carbocycles. The summed E-state index contributed by atoms with van der Waals surface area (Å²) in [6.07, 6.45) is 6.81. The molecule has 3 aromatic rings. The number of halogens is 1. The van der Waals surface area contributed by atoms with Gasteiger partial charge in [-0.15, -0.1) is 0 Å². The van der Waals surface area contributed by atoms with E-state index in [0.717, 1.165) is 29.5 Å². The highest BCUT2D eigenvalue weighted by atomic mass is 28.3. The van der Waals surface area contributed by atoms with Crippen LogP contribution in [0.3, 0.4) is 0 Å². The Labute approximate surface area is 175 Å². The molecule has 1 aliphatic rings. The van der Waals surface area contributed by atoms with E-state index >= 15 is 4.39 Å². The van der Waals surface area contributed by atoms with Crippen LogP contribution in [0.1, 0.15) is 48.3 Å². The van der Waals surface area contributed by atoms with E-state index in [1.807, 2.05) is 6.92 Å². The standard InChI is InChI=1S/C26H33FNSi/c1-17-18(2)25(27)24(19-9-7-8-10-19)16-23(17)26-22-12-11-21(29(4,5)6)15-20(22)13-14-28(26)3/h11-16,19H,7-10H2,1-6H3/q+1. The van der Waals surface area contributed by atoms with E-state index in [-0.39, 0.29) is 5.82 Å². The van der Waals surface area contributed by atoms with Crippen molar-refractivity contribution in [3.05, 3.63) is 59.0 Å². The predicted molar refractivity (Wildman–Crippen MR) is 124 cm³/mol. The first kappa shape index (κ1) is 20.3. The Balaban J connectivity index is 1.98. The smallest absolute Gasteiger partial charge is 0.206 e. The molecular formula is C26H33FNSi+. The molecule has 0 spiro atoms. The Hall–Kier alpha value is -2.00. The lowest BCUT2D eigenvalue weighted by molar-refractivity contribution is -0.659. The highest BCUT2D eigenvalue weighted by Crippen LogP contribution is 2.40. The number of hydrogen-bond acceptors (Lipinski definition) is 0. The van der Waals surface area contributed by atoms with Crippen molar-refractivity contribution in [1.29, 1.82) is 0 Å². The molecule has 4 rings (SSSR count). The second-order valence-electron chi connectivity index (χ2n) is 9.89. The Kier molecular flexibility index (Phi) is 5.14. The quantitative estimate of drug-likeness (QED) is 0.355. The number of hydrogen-bond donors (Lipinski definition) is 0. The van der Waals surface area contributed by atoms with Crippen molar-refractivity contribution in [2.75, 3.05) is 0 Å². The summed E-state index contributed by atoms with van der Waals surface area (Å²) in [6.45, 7) is 11.2. The van der Waals surface area contributed by atoms with Gasteiger partial charge in [-0.3, -0.25) is 0 Å². The van der Waals surface area contributed by atoms with Gasteiger partial charge in [-0.25, -0.2) is 8.96 Å². The fraction of sp³-hybridized carbons (Fsp3) is 0.423. The summed E-state index contributed by atoms with van der Waals surface area (Å²) in [5.74, 6) is 0.383. The van der Waals surface area contributed by atoms with Crippen LogP contribution < -0.4 is 9.75 Å². The van der Waals surface area contributed by atoms with E-state index in [0.29, 0.717) is 5.92 Å². The maximum Gasteiger partial charge on any atom is 0.220 e. The van der Waals surface area contributed by atoms with Crippen LogP contribution >= 0.6 is 0 Å². The molecule has 1 aliphatic carbocycles. The summed E-state index contributed by atoms with van der Waals surface area (Å²) in [4.78, 5) is 0. The van der Waals surface area contributed by atoms with Crippen molar-refractivity contribution >= 4 is 24.0 Å². The molecule has 0 amide bonds. The fourth-order valence-corrected chi connectivity index (χ4v) is 6.04. The van der Waals surface area contributed by atoms with Gasteiger partial charge in [-0.05, 0) is 66.8 Å². The number of aromatic nitrogens is 1. The number of aryl methyl sites for hydroxylation is 1. The number of benzene rings is 2. The third-order valence-corrected chi connectivity index (χ3v) is 8.95. The monoisotopic (exact) mass is 406 g/mol. The van der Waals surface area contributed by atoms with Gasteiger partial charge in [-0.1, -0.05) is 49.8 Å². The SMILES string of the molecule is Cc1c(-c2c3ccc([Si](C)(C)C)cc3cc[n+]2C)cc(C2CCCC2)c(F)c1C. The lowest BCUT2D eigenvalue weighted by Gasteiger charge is -2.19. The van der Waals surface area contributed by atoms with Gasteiger partial charge in [0.15, 0.2) is 6.20 Å². The van der Waals surface area contributed by atoms with Gasteiger partial charge in [0, 0.05) is 6.07 Å². The minimum atomic E-state index is -1.37. The molecule has 0 atom stereocenters. The third-order valence-electron chi connectivity index (χ3n) is 6.90. The van der Waals surface area contributed by atoms with Crippen LogP contribution in [0.5, 0.6) is 0 Å². The zero-order valence-electron chi connectivity index (χ0n) is 18.7. The average molecular weight is 407 g/mol. The molecular weight excluding hydrogens is 373 g/mol. The van der Waals surface area contributed by atoms with E-state index in [4.69, 9.17) is 0 Å². The Bertz CT molecular complexity index is 1090. The molecule has 0 saturated heterocycles. The van der Waals surface area contributed by atoms with E-state index in [2.05, 4.69) is 74.7 Å². The number of fused-ring (bicyclic) bond motifs is 1. The van der Waals surface area contributed by atoms with E-state index in [9.17, 15) is 0 Å². The molecule has 0 unspecified atom stereocenters. The van der Waals surface area contributed by atoms with Crippen LogP contribution in [0.4, 0.5) is 4.39 Å². The van der Waals surface area contributed by atoms with Crippen LogP contribution in [0.25, 0.3) is 22.0 Å². The third kappa shape index (κ3) is 3.54. The van der Waals surface area contributed by atoms with Gasteiger partial charge in [0.2, 0.25) is 5.69 Å². The van der Waals surface area contributed by atoms with Crippen molar-refractivity contribution < 1.29 is 8.96 Å². The van der Waals surface area contributed by atoms with Gasteiger partial charge in [-0.2, -0.15) is 0 Å².